The summed E-state index contributed by atoms with van der Waals surface area (Å²) in [5, 5.41) is 5.02. The maximum atomic E-state index is 10.6. The monoisotopic (exact) mass is 348 g/mol. The quantitative estimate of drug-likeness (QED) is 0.773. The lowest BCUT2D eigenvalue weighted by Crippen LogP contribution is -2.44. The number of likely N-dealkylation sites (tertiary alicyclic amines) is 1. The van der Waals surface area contributed by atoms with Crippen molar-refractivity contribution in [2.24, 2.45) is 7.05 Å². The van der Waals surface area contributed by atoms with Crippen molar-refractivity contribution in [3.8, 4) is 0 Å². The van der Waals surface area contributed by atoms with Crippen LogP contribution in [-0.4, -0.2) is 56.2 Å². The number of piperidine rings is 1. The van der Waals surface area contributed by atoms with Crippen molar-refractivity contribution in [1.29, 1.82) is 0 Å². The molecule has 0 aliphatic carbocycles. The van der Waals surface area contributed by atoms with Gasteiger partial charge in [0.05, 0.1) is 0 Å². The zero-order chi connectivity index (χ0) is 16.9. The van der Waals surface area contributed by atoms with E-state index in [0.717, 1.165) is 38.9 Å². The number of benzene rings is 1. The van der Waals surface area contributed by atoms with Crippen molar-refractivity contribution < 1.29 is 8.76 Å². The molecule has 0 radical (unpaired) electrons. The Morgan fingerprint density at radius 3 is 2.79 bits per heavy atom. The first-order valence-corrected chi connectivity index (χ1v) is 9.92. The van der Waals surface area contributed by atoms with Crippen LogP contribution in [0, 0.1) is 0 Å². The summed E-state index contributed by atoms with van der Waals surface area (Å²) in [5.74, 6) is 0.249. The van der Waals surface area contributed by atoms with Crippen LogP contribution in [0.15, 0.2) is 30.5 Å². The third-order valence-electron chi connectivity index (χ3n) is 4.97. The van der Waals surface area contributed by atoms with E-state index in [1.807, 2.05) is 0 Å². The lowest BCUT2D eigenvalue weighted by atomic mass is 10.0. The molecule has 132 valence electrons. The van der Waals surface area contributed by atoms with Crippen LogP contribution in [0.1, 0.15) is 18.4 Å². The summed E-state index contributed by atoms with van der Waals surface area (Å²) in [5.41, 5.74) is 2.69. The number of rotatable bonds is 7. The van der Waals surface area contributed by atoms with E-state index >= 15 is 0 Å². The summed E-state index contributed by atoms with van der Waals surface area (Å²) in [6.45, 7) is 3.63. The summed E-state index contributed by atoms with van der Waals surface area (Å²) in [6.07, 6.45) is 5.47. The molecule has 0 amide bonds. The number of fused-ring (bicyclic) bond motifs is 1. The summed E-state index contributed by atoms with van der Waals surface area (Å²) in [6, 6.07) is 9.10. The van der Waals surface area contributed by atoms with Gasteiger partial charge in [-0.15, -0.1) is 0 Å². The average Bonchev–Trinajstić information content (AvgIpc) is 2.91. The zero-order valence-corrected chi connectivity index (χ0v) is 15.1. The molecule has 6 heteroatoms. The molecule has 1 aliphatic rings. The van der Waals surface area contributed by atoms with E-state index in [-0.39, 0.29) is 5.75 Å². The van der Waals surface area contributed by atoms with Crippen molar-refractivity contribution >= 4 is 22.0 Å². The number of hydrogen-bond donors (Lipinski definition) is 1. The summed E-state index contributed by atoms with van der Waals surface area (Å²) >= 11 is -1.92. The molecule has 1 N–H and O–H groups in total. The number of para-hydroxylation sites is 1. The molecule has 0 spiro atoms. The second-order valence-corrected chi connectivity index (χ2v) is 7.63. The lowest BCUT2D eigenvalue weighted by molar-refractivity contribution is 0.207. The van der Waals surface area contributed by atoms with Crippen LogP contribution in [0.25, 0.3) is 10.9 Å². The molecule has 2 aromatic rings. The predicted octanol–water partition coefficient (Wildman–Crippen LogP) is 1.65. The number of hydrogen-bond acceptors (Lipinski definition) is 4. The Kier molecular flexibility index (Phi) is 6.05. The van der Waals surface area contributed by atoms with Crippen LogP contribution >= 0.6 is 0 Å². The first-order valence-electron chi connectivity index (χ1n) is 8.68. The number of nitrogens with one attached hydrogen (secondary N) is 1. The van der Waals surface area contributed by atoms with Crippen molar-refractivity contribution in [3.63, 3.8) is 0 Å². The molecule has 0 bridgehead atoms. The average molecular weight is 348 g/mol. The fraction of sp³-hybridized carbons (Fsp3) is 0.556. The van der Waals surface area contributed by atoms with Crippen molar-refractivity contribution in [2.45, 2.75) is 25.3 Å². The second-order valence-electron chi connectivity index (χ2n) is 6.61. The smallest absolute Gasteiger partial charge is 0.0480 e. The van der Waals surface area contributed by atoms with Crippen molar-refractivity contribution in [1.82, 2.24) is 14.8 Å². The van der Waals surface area contributed by atoms with E-state index in [2.05, 4.69) is 52.3 Å². The molecule has 1 atom stereocenters. The highest BCUT2D eigenvalue weighted by Crippen LogP contribution is 2.20. The van der Waals surface area contributed by atoms with Gasteiger partial charge in [-0.25, -0.2) is 0 Å². The predicted molar refractivity (Wildman–Crippen MR) is 97.9 cm³/mol. The summed E-state index contributed by atoms with van der Waals surface area (Å²) in [4.78, 5) is 2.25. The topological polar surface area (TPSA) is 60.3 Å². The Morgan fingerprint density at radius 1 is 1.29 bits per heavy atom. The van der Waals surface area contributed by atoms with Gasteiger partial charge in [-0.05, 0) is 50.5 Å². The summed E-state index contributed by atoms with van der Waals surface area (Å²) < 4.78 is 23.5. The minimum atomic E-state index is -1.92. The molecular formula is C18H26N3O2S-. The molecule has 1 aliphatic heterocycles. The molecule has 24 heavy (non-hydrogen) atoms. The highest BCUT2D eigenvalue weighted by atomic mass is 32.2. The molecule has 1 fully saturated rings. The van der Waals surface area contributed by atoms with Gasteiger partial charge in [-0.3, -0.25) is 4.21 Å². The van der Waals surface area contributed by atoms with Gasteiger partial charge in [0.2, 0.25) is 0 Å². The highest BCUT2D eigenvalue weighted by molar-refractivity contribution is 7.79. The maximum Gasteiger partial charge on any atom is 0.0480 e. The Labute approximate surface area is 146 Å². The van der Waals surface area contributed by atoms with Crippen molar-refractivity contribution in [3.05, 3.63) is 36.0 Å². The number of aromatic nitrogens is 1. The normalized spacial score (nSPS) is 18.2. The third-order valence-corrected chi connectivity index (χ3v) is 5.48. The largest absolute Gasteiger partial charge is 0.772 e. The maximum absolute atomic E-state index is 10.6. The van der Waals surface area contributed by atoms with Gasteiger partial charge in [-0.1, -0.05) is 29.3 Å². The van der Waals surface area contributed by atoms with Crippen LogP contribution in [0.3, 0.4) is 0 Å². The fourth-order valence-corrected chi connectivity index (χ4v) is 4.01. The molecule has 1 saturated heterocycles. The van der Waals surface area contributed by atoms with Gasteiger partial charge in [0.25, 0.3) is 0 Å². The Balaban J connectivity index is 1.43. The molecule has 0 saturated carbocycles. The van der Waals surface area contributed by atoms with E-state index in [1.54, 1.807) is 0 Å². The molecule has 3 rings (SSSR count). The Bertz CT molecular complexity index is 693. The molecule has 1 unspecified atom stereocenters. The van der Waals surface area contributed by atoms with E-state index < -0.39 is 11.1 Å². The van der Waals surface area contributed by atoms with Crippen LogP contribution < -0.4 is 5.32 Å². The van der Waals surface area contributed by atoms with Gasteiger partial charge in [-0.2, -0.15) is 0 Å². The van der Waals surface area contributed by atoms with Crippen LogP contribution in [0.2, 0.25) is 0 Å². The van der Waals surface area contributed by atoms with E-state index in [9.17, 15) is 8.76 Å². The minimum absolute atomic E-state index is 0.249. The second kappa shape index (κ2) is 8.25. The van der Waals surface area contributed by atoms with E-state index in [1.165, 1.54) is 16.5 Å². The van der Waals surface area contributed by atoms with Gasteiger partial charge in [0.1, 0.15) is 0 Å². The molecule has 2 heterocycles. The van der Waals surface area contributed by atoms with Crippen molar-refractivity contribution in [2.75, 3.05) is 31.9 Å². The minimum Gasteiger partial charge on any atom is -0.772 e. The number of nitrogens with zero attached hydrogens (tertiary/aromatic N) is 2. The molecule has 1 aromatic heterocycles. The molecule has 5 nitrogen and oxygen atoms in total. The lowest BCUT2D eigenvalue weighted by Gasteiger charge is -2.32. The van der Waals surface area contributed by atoms with Crippen LogP contribution in [0.5, 0.6) is 0 Å². The summed E-state index contributed by atoms with van der Waals surface area (Å²) in [7, 11) is 2.10. The number of aryl methyl sites for hydroxylation is 1. The standard InChI is InChI=1S/C18H27N3O2S/c1-20-14-15(17-4-2-3-5-18(17)20)6-9-19-16-7-10-21(11-8-16)12-13-24(22)23/h2-5,14,16,19H,6-13H2,1H3,(H,22,23)/p-1. The van der Waals surface area contributed by atoms with Crippen LogP contribution in [-0.2, 0) is 24.5 Å². The van der Waals surface area contributed by atoms with Gasteiger partial charge in [0, 0.05) is 42.5 Å². The Morgan fingerprint density at radius 2 is 2.04 bits per heavy atom. The first-order chi connectivity index (χ1) is 11.6. The van der Waals surface area contributed by atoms with E-state index in [0.29, 0.717) is 12.6 Å². The Hall–Kier alpha value is -1.21. The van der Waals surface area contributed by atoms with Crippen LogP contribution in [0.4, 0.5) is 0 Å². The SMILES string of the molecule is Cn1cc(CCNC2CCN(CCS(=O)[O-])CC2)c2ccccc21. The molecular weight excluding hydrogens is 322 g/mol. The third kappa shape index (κ3) is 4.45. The van der Waals surface area contributed by atoms with E-state index in [4.69, 9.17) is 0 Å². The molecule has 1 aromatic carbocycles. The van der Waals surface area contributed by atoms with Gasteiger partial charge >= 0.3 is 0 Å². The van der Waals surface area contributed by atoms with Gasteiger partial charge < -0.3 is 19.3 Å². The zero-order valence-electron chi connectivity index (χ0n) is 14.2. The highest BCUT2D eigenvalue weighted by Gasteiger charge is 2.18. The fourth-order valence-electron chi connectivity index (χ4n) is 3.60. The first kappa shape index (κ1) is 17.6. The van der Waals surface area contributed by atoms with Gasteiger partial charge in [0.15, 0.2) is 0 Å².